The van der Waals surface area contributed by atoms with Crippen LogP contribution in [0.4, 0.5) is 11.4 Å². The van der Waals surface area contributed by atoms with E-state index in [-0.39, 0.29) is 18.0 Å². The van der Waals surface area contributed by atoms with Gasteiger partial charge in [-0.15, -0.1) is 12.4 Å². The summed E-state index contributed by atoms with van der Waals surface area (Å²) in [7, 11) is 4.11. The van der Waals surface area contributed by atoms with E-state index in [4.69, 9.17) is 5.11 Å². The molecule has 2 N–H and O–H groups in total. The number of aromatic nitrogens is 1. The van der Waals surface area contributed by atoms with E-state index in [0.717, 1.165) is 35.6 Å². The maximum atomic E-state index is 12.1. The van der Waals surface area contributed by atoms with E-state index in [9.17, 15) is 9.59 Å². The van der Waals surface area contributed by atoms with Crippen molar-refractivity contribution in [2.24, 2.45) is 0 Å². The second-order valence-electron chi connectivity index (χ2n) is 6.12. The van der Waals surface area contributed by atoms with Gasteiger partial charge in [-0.25, -0.2) is 4.79 Å². The summed E-state index contributed by atoms with van der Waals surface area (Å²) in [6, 6.07) is 7.55. The van der Waals surface area contributed by atoms with Crippen LogP contribution in [0, 0.1) is 0 Å². The van der Waals surface area contributed by atoms with E-state index >= 15 is 0 Å². The topological polar surface area (TPSA) is 76.6 Å². The second kappa shape index (κ2) is 7.19. The number of carboxylic acids is 1. The molecule has 0 bridgehead atoms. The second-order valence-corrected chi connectivity index (χ2v) is 6.12. The molecule has 25 heavy (non-hydrogen) atoms. The van der Waals surface area contributed by atoms with Crippen LogP contribution in [0.2, 0.25) is 0 Å². The van der Waals surface area contributed by atoms with Crippen LogP contribution in [-0.4, -0.2) is 43.2 Å². The Kier molecular flexibility index (Phi) is 5.42. The summed E-state index contributed by atoms with van der Waals surface area (Å²) in [6.07, 6.45) is 0.638. The van der Waals surface area contributed by atoms with E-state index in [1.807, 2.05) is 26.1 Å². The van der Waals surface area contributed by atoms with Crippen molar-refractivity contribution in [2.75, 3.05) is 37.0 Å². The van der Waals surface area contributed by atoms with Gasteiger partial charge in [0, 0.05) is 32.7 Å². The van der Waals surface area contributed by atoms with Crippen LogP contribution in [0.5, 0.6) is 0 Å². The molecule has 0 spiro atoms. The van der Waals surface area contributed by atoms with Gasteiger partial charge in [0.25, 0.3) is 5.56 Å². The summed E-state index contributed by atoms with van der Waals surface area (Å²) in [5.41, 5.74) is 3.86. The number of H-pyrrole nitrogens is 1. The third kappa shape index (κ3) is 3.35. The Labute approximate surface area is 152 Å². The quantitative estimate of drug-likeness (QED) is 0.876. The van der Waals surface area contributed by atoms with E-state index in [1.165, 1.54) is 6.07 Å². The minimum absolute atomic E-state index is 0. The molecule has 3 rings (SSSR count). The Bertz CT molecular complexity index is 863. The van der Waals surface area contributed by atoms with Crippen molar-refractivity contribution < 1.29 is 9.90 Å². The number of likely N-dealkylation sites (N-methyl/N-ethyl adjacent to an activating group) is 2. The van der Waals surface area contributed by atoms with Gasteiger partial charge in [0.05, 0.1) is 17.1 Å². The maximum Gasteiger partial charge on any atom is 0.341 e. The molecule has 0 atom stereocenters. The lowest BCUT2D eigenvalue weighted by molar-refractivity contribution is 0.0695. The van der Waals surface area contributed by atoms with E-state index in [1.54, 1.807) is 0 Å². The molecule has 0 amide bonds. The number of hydrogen-bond donors (Lipinski definition) is 2. The van der Waals surface area contributed by atoms with Gasteiger partial charge >= 0.3 is 5.97 Å². The zero-order valence-corrected chi connectivity index (χ0v) is 15.3. The molecule has 1 aliphatic heterocycles. The molecule has 0 unspecified atom stereocenters. The lowest BCUT2D eigenvalue weighted by atomic mass is 10.00. The smallest absolute Gasteiger partial charge is 0.341 e. The normalized spacial score (nSPS) is 13.2. The minimum atomic E-state index is -1.20. The molecular formula is C18H22ClN3O3. The SMILES string of the molecule is CCc1cc(C(=O)O)c(=O)[nH]c1-c1ccc2c(c1)N(C)CCN2C.Cl. The standard InChI is InChI=1S/C18H21N3O3.ClH/c1-4-11-9-13(18(23)24)17(22)19-16(11)12-5-6-14-15(10-12)21(3)8-7-20(14)2;/h5-6,9-10H,4,7-8H2,1-3H3,(H,19,22)(H,23,24);1H. The van der Waals surface area contributed by atoms with Gasteiger partial charge in [0.1, 0.15) is 5.56 Å². The lowest BCUT2D eigenvalue weighted by Gasteiger charge is -2.35. The van der Waals surface area contributed by atoms with Crippen LogP contribution in [0.15, 0.2) is 29.1 Å². The first-order chi connectivity index (χ1) is 11.4. The van der Waals surface area contributed by atoms with E-state index in [0.29, 0.717) is 12.1 Å². The number of carboxylic acid groups (broad SMARTS) is 1. The number of aryl methyl sites for hydroxylation is 1. The van der Waals surface area contributed by atoms with Crippen LogP contribution < -0.4 is 15.4 Å². The van der Waals surface area contributed by atoms with Crippen LogP contribution in [0.1, 0.15) is 22.8 Å². The third-order valence-corrected chi connectivity index (χ3v) is 4.59. The van der Waals surface area contributed by atoms with E-state index < -0.39 is 11.5 Å². The van der Waals surface area contributed by atoms with Crippen LogP contribution in [0.3, 0.4) is 0 Å². The molecule has 0 fully saturated rings. The molecule has 0 aliphatic carbocycles. The van der Waals surface area contributed by atoms with Gasteiger partial charge in [-0.1, -0.05) is 13.0 Å². The van der Waals surface area contributed by atoms with Gasteiger partial charge in [0.15, 0.2) is 0 Å². The van der Waals surface area contributed by atoms with Gasteiger partial charge in [-0.3, -0.25) is 4.79 Å². The number of nitrogens with one attached hydrogen (secondary N) is 1. The fourth-order valence-corrected chi connectivity index (χ4v) is 3.12. The number of pyridine rings is 1. The molecule has 2 heterocycles. The summed E-state index contributed by atoms with van der Waals surface area (Å²) in [5, 5.41) is 9.14. The fourth-order valence-electron chi connectivity index (χ4n) is 3.12. The monoisotopic (exact) mass is 363 g/mol. The third-order valence-electron chi connectivity index (χ3n) is 4.59. The maximum absolute atomic E-state index is 12.1. The summed E-state index contributed by atoms with van der Waals surface area (Å²) in [4.78, 5) is 30.4. The lowest BCUT2D eigenvalue weighted by Crippen LogP contribution is -2.36. The zero-order valence-electron chi connectivity index (χ0n) is 14.5. The largest absolute Gasteiger partial charge is 0.477 e. The predicted octanol–water partition coefficient (Wildman–Crippen LogP) is 2.61. The Morgan fingerprint density at radius 3 is 2.40 bits per heavy atom. The predicted molar refractivity (Wildman–Crippen MR) is 103 cm³/mol. The summed E-state index contributed by atoms with van der Waals surface area (Å²) >= 11 is 0. The number of nitrogens with zero attached hydrogens (tertiary/aromatic N) is 2. The number of anilines is 2. The Morgan fingerprint density at radius 2 is 1.80 bits per heavy atom. The molecule has 6 nitrogen and oxygen atoms in total. The van der Waals surface area contributed by atoms with Crippen LogP contribution in [-0.2, 0) is 6.42 Å². The van der Waals surface area contributed by atoms with Crippen molar-refractivity contribution in [1.29, 1.82) is 0 Å². The Morgan fingerprint density at radius 1 is 1.16 bits per heavy atom. The zero-order chi connectivity index (χ0) is 17.4. The van der Waals surface area contributed by atoms with Crippen molar-refractivity contribution in [3.8, 4) is 11.3 Å². The highest BCUT2D eigenvalue weighted by Gasteiger charge is 2.20. The molecule has 0 saturated heterocycles. The fraction of sp³-hybridized carbons (Fsp3) is 0.333. The number of hydrogen-bond acceptors (Lipinski definition) is 4. The minimum Gasteiger partial charge on any atom is -0.477 e. The van der Waals surface area contributed by atoms with Crippen molar-refractivity contribution in [3.63, 3.8) is 0 Å². The van der Waals surface area contributed by atoms with Gasteiger partial charge in [-0.05, 0) is 30.2 Å². The molecule has 134 valence electrons. The molecule has 1 aromatic carbocycles. The molecule has 2 aromatic rings. The molecule has 0 radical (unpaired) electrons. The average Bonchev–Trinajstić information content (AvgIpc) is 2.57. The van der Waals surface area contributed by atoms with Gasteiger partial charge < -0.3 is 19.9 Å². The first-order valence-electron chi connectivity index (χ1n) is 7.98. The first kappa shape index (κ1) is 18.9. The highest BCUT2D eigenvalue weighted by Crippen LogP contribution is 2.35. The summed E-state index contributed by atoms with van der Waals surface area (Å²) < 4.78 is 0. The number of fused-ring (bicyclic) bond motifs is 1. The number of aromatic carboxylic acids is 1. The molecule has 1 aromatic heterocycles. The average molecular weight is 364 g/mol. The molecule has 7 heteroatoms. The number of rotatable bonds is 3. The number of carbonyl (C=O) groups is 1. The summed E-state index contributed by atoms with van der Waals surface area (Å²) in [5.74, 6) is -1.20. The highest BCUT2D eigenvalue weighted by molar-refractivity contribution is 5.88. The number of benzene rings is 1. The first-order valence-corrected chi connectivity index (χ1v) is 7.98. The van der Waals surface area contributed by atoms with Crippen molar-refractivity contribution >= 4 is 29.8 Å². The van der Waals surface area contributed by atoms with Crippen LogP contribution >= 0.6 is 12.4 Å². The van der Waals surface area contributed by atoms with Gasteiger partial charge in [-0.2, -0.15) is 0 Å². The molecular weight excluding hydrogens is 342 g/mol. The van der Waals surface area contributed by atoms with Crippen molar-refractivity contribution in [1.82, 2.24) is 4.98 Å². The van der Waals surface area contributed by atoms with Crippen molar-refractivity contribution in [2.45, 2.75) is 13.3 Å². The number of aromatic amines is 1. The van der Waals surface area contributed by atoms with Crippen LogP contribution in [0.25, 0.3) is 11.3 Å². The van der Waals surface area contributed by atoms with Crippen molar-refractivity contribution in [3.05, 3.63) is 45.7 Å². The van der Waals surface area contributed by atoms with Gasteiger partial charge in [0.2, 0.25) is 0 Å². The Hall–Kier alpha value is -2.47. The molecule has 0 saturated carbocycles. The summed E-state index contributed by atoms with van der Waals surface area (Å²) in [6.45, 7) is 3.84. The Balaban J connectivity index is 0.00000225. The molecule has 1 aliphatic rings. The highest BCUT2D eigenvalue weighted by atomic mass is 35.5. The van der Waals surface area contributed by atoms with E-state index in [2.05, 4.69) is 27.9 Å². The number of halogens is 1.